The summed E-state index contributed by atoms with van der Waals surface area (Å²) in [5, 5.41) is 4.44. The number of halogens is 1. The third-order valence-corrected chi connectivity index (χ3v) is 5.23. The Morgan fingerprint density at radius 1 is 0.867 bits per heavy atom. The second kappa shape index (κ2) is 11.6. The van der Waals surface area contributed by atoms with Crippen LogP contribution in [0.1, 0.15) is 49.4 Å². The fraction of sp³-hybridized carbons (Fsp3) is 0.308. The van der Waals surface area contributed by atoms with E-state index in [9.17, 15) is 0 Å². The van der Waals surface area contributed by atoms with Crippen LogP contribution in [-0.4, -0.2) is 6.61 Å². The average Bonchev–Trinajstić information content (AvgIpc) is 2.78. The zero-order valence-corrected chi connectivity index (χ0v) is 18.5. The molecule has 0 radical (unpaired) electrons. The second-order valence-electron chi connectivity index (χ2n) is 7.23. The zero-order valence-electron chi connectivity index (χ0n) is 17.7. The summed E-state index contributed by atoms with van der Waals surface area (Å²) in [6.45, 7) is 5.97. The van der Waals surface area contributed by atoms with E-state index in [2.05, 4.69) is 48.6 Å². The van der Waals surface area contributed by atoms with Crippen molar-refractivity contribution in [1.82, 2.24) is 5.32 Å². The number of para-hydroxylation sites is 1. The molecule has 0 aliphatic heterocycles. The van der Waals surface area contributed by atoms with E-state index >= 15 is 0 Å². The molecule has 158 valence electrons. The lowest BCUT2D eigenvalue weighted by Crippen LogP contribution is -2.21. The van der Waals surface area contributed by atoms with Crippen LogP contribution < -0.4 is 14.8 Å². The van der Waals surface area contributed by atoms with Crippen LogP contribution in [0.4, 0.5) is 0 Å². The Labute approximate surface area is 185 Å². The molecule has 3 aromatic carbocycles. The topological polar surface area (TPSA) is 30.5 Å². The summed E-state index contributed by atoms with van der Waals surface area (Å²) >= 11 is 6.00. The van der Waals surface area contributed by atoms with Gasteiger partial charge >= 0.3 is 0 Å². The van der Waals surface area contributed by atoms with Crippen molar-refractivity contribution in [2.24, 2.45) is 0 Å². The van der Waals surface area contributed by atoms with Crippen LogP contribution in [0, 0.1) is 0 Å². The molecule has 30 heavy (non-hydrogen) atoms. The van der Waals surface area contributed by atoms with Gasteiger partial charge < -0.3 is 14.8 Å². The number of benzene rings is 3. The lowest BCUT2D eigenvalue weighted by Gasteiger charge is -2.21. The largest absolute Gasteiger partial charge is 0.490 e. The van der Waals surface area contributed by atoms with E-state index < -0.39 is 0 Å². The van der Waals surface area contributed by atoms with Crippen LogP contribution >= 0.6 is 11.6 Å². The van der Waals surface area contributed by atoms with Gasteiger partial charge in [0.1, 0.15) is 6.61 Å². The van der Waals surface area contributed by atoms with Crippen molar-refractivity contribution in [2.75, 3.05) is 6.61 Å². The van der Waals surface area contributed by atoms with E-state index in [1.165, 1.54) is 5.56 Å². The van der Waals surface area contributed by atoms with Gasteiger partial charge in [0.2, 0.25) is 0 Å². The van der Waals surface area contributed by atoms with Gasteiger partial charge in [-0.05, 0) is 42.7 Å². The minimum Gasteiger partial charge on any atom is -0.490 e. The molecule has 3 aromatic rings. The Balaban J connectivity index is 1.77. The fourth-order valence-electron chi connectivity index (χ4n) is 3.46. The summed E-state index contributed by atoms with van der Waals surface area (Å²) in [6.07, 6.45) is 2.20. The molecule has 0 bridgehead atoms. The minimum absolute atomic E-state index is 0.302. The first-order valence-electron chi connectivity index (χ1n) is 10.6. The molecule has 3 nitrogen and oxygen atoms in total. The van der Waals surface area contributed by atoms with Crippen molar-refractivity contribution in [3.05, 3.63) is 94.5 Å². The summed E-state index contributed by atoms with van der Waals surface area (Å²) in [6, 6.07) is 24.7. The molecule has 0 aliphatic carbocycles. The van der Waals surface area contributed by atoms with E-state index in [0.29, 0.717) is 25.8 Å². The highest BCUT2D eigenvalue weighted by Gasteiger charge is 2.15. The third-order valence-electron chi connectivity index (χ3n) is 4.97. The molecule has 1 unspecified atom stereocenters. The quantitative estimate of drug-likeness (QED) is 0.362. The summed E-state index contributed by atoms with van der Waals surface area (Å²) in [7, 11) is 0. The van der Waals surface area contributed by atoms with Crippen molar-refractivity contribution >= 4 is 11.6 Å². The van der Waals surface area contributed by atoms with Crippen molar-refractivity contribution in [2.45, 2.75) is 45.9 Å². The molecule has 0 fully saturated rings. The molecule has 1 N–H and O–H groups in total. The highest BCUT2D eigenvalue weighted by Crippen LogP contribution is 2.33. The zero-order chi connectivity index (χ0) is 21.2. The maximum absolute atomic E-state index is 6.24. The smallest absolute Gasteiger partial charge is 0.166 e. The van der Waals surface area contributed by atoms with Crippen LogP contribution in [0.5, 0.6) is 11.5 Å². The van der Waals surface area contributed by atoms with Gasteiger partial charge in [0.05, 0.1) is 6.61 Å². The van der Waals surface area contributed by atoms with E-state index in [-0.39, 0.29) is 0 Å². The van der Waals surface area contributed by atoms with Gasteiger partial charge in [-0.15, -0.1) is 0 Å². The Bertz CT molecular complexity index is 897. The van der Waals surface area contributed by atoms with Crippen molar-refractivity contribution < 1.29 is 9.47 Å². The molecule has 0 saturated heterocycles. The van der Waals surface area contributed by atoms with Crippen LogP contribution in [0.15, 0.2) is 72.8 Å². The lowest BCUT2D eigenvalue weighted by atomic mass is 10.0. The minimum atomic E-state index is 0.302. The van der Waals surface area contributed by atoms with E-state index in [1.807, 2.05) is 43.3 Å². The molecule has 0 heterocycles. The maximum Gasteiger partial charge on any atom is 0.166 e. The highest BCUT2D eigenvalue weighted by molar-refractivity contribution is 6.30. The number of hydrogen-bond acceptors (Lipinski definition) is 3. The molecule has 3 rings (SSSR count). The van der Waals surface area contributed by atoms with Crippen LogP contribution in [0.3, 0.4) is 0 Å². The lowest BCUT2D eigenvalue weighted by molar-refractivity contribution is 0.265. The van der Waals surface area contributed by atoms with Crippen molar-refractivity contribution in [3.8, 4) is 11.5 Å². The van der Waals surface area contributed by atoms with Crippen LogP contribution in [-0.2, 0) is 13.2 Å². The van der Waals surface area contributed by atoms with Crippen LogP contribution in [0.25, 0.3) is 0 Å². The monoisotopic (exact) mass is 423 g/mol. The molecule has 0 aliphatic rings. The number of ether oxygens (including phenoxy) is 2. The maximum atomic E-state index is 6.24. The van der Waals surface area contributed by atoms with E-state index in [0.717, 1.165) is 40.5 Å². The molecule has 0 spiro atoms. The molecular weight excluding hydrogens is 394 g/mol. The second-order valence-corrected chi connectivity index (χ2v) is 7.66. The molecule has 4 heteroatoms. The fourth-order valence-corrected chi connectivity index (χ4v) is 3.59. The number of nitrogens with one attached hydrogen (secondary N) is 1. The summed E-state index contributed by atoms with van der Waals surface area (Å²) < 4.78 is 12.1. The first-order valence-corrected chi connectivity index (χ1v) is 11.0. The SMILES string of the molecule is CCCC(NCc1cccc(OCC)c1OCc1ccc(Cl)cc1)c1ccccc1. The van der Waals surface area contributed by atoms with Gasteiger partial charge in [0, 0.05) is 23.2 Å². The Morgan fingerprint density at radius 2 is 1.63 bits per heavy atom. The van der Waals surface area contributed by atoms with E-state index in [4.69, 9.17) is 21.1 Å². The van der Waals surface area contributed by atoms with Crippen molar-refractivity contribution in [1.29, 1.82) is 0 Å². The van der Waals surface area contributed by atoms with Gasteiger partial charge in [0.15, 0.2) is 11.5 Å². The molecule has 1 atom stereocenters. The first-order chi connectivity index (χ1) is 14.7. The number of rotatable bonds is 11. The highest BCUT2D eigenvalue weighted by atomic mass is 35.5. The molecule has 0 aromatic heterocycles. The molecule has 0 saturated carbocycles. The Morgan fingerprint density at radius 3 is 2.33 bits per heavy atom. The third kappa shape index (κ3) is 6.25. The first kappa shape index (κ1) is 22.2. The number of hydrogen-bond donors (Lipinski definition) is 1. The Hall–Kier alpha value is -2.49. The molecule has 0 amide bonds. The Kier molecular flexibility index (Phi) is 8.61. The van der Waals surface area contributed by atoms with Gasteiger partial charge in [-0.25, -0.2) is 0 Å². The summed E-state index contributed by atoms with van der Waals surface area (Å²) in [4.78, 5) is 0. The summed E-state index contributed by atoms with van der Waals surface area (Å²) in [5.41, 5.74) is 3.47. The van der Waals surface area contributed by atoms with Gasteiger partial charge in [-0.3, -0.25) is 0 Å². The summed E-state index contributed by atoms with van der Waals surface area (Å²) in [5.74, 6) is 1.57. The predicted molar refractivity (Wildman–Crippen MR) is 124 cm³/mol. The van der Waals surface area contributed by atoms with Gasteiger partial charge in [-0.1, -0.05) is 79.5 Å². The van der Waals surface area contributed by atoms with E-state index in [1.54, 1.807) is 0 Å². The predicted octanol–water partition coefficient (Wildman–Crippen LogP) is 6.95. The van der Waals surface area contributed by atoms with Crippen LogP contribution in [0.2, 0.25) is 5.02 Å². The normalized spacial score (nSPS) is 11.8. The molecular formula is C26H30ClNO2. The average molecular weight is 424 g/mol. The van der Waals surface area contributed by atoms with Gasteiger partial charge in [-0.2, -0.15) is 0 Å². The van der Waals surface area contributed by atoms with Crippen molar-refractivity contribution in [3.63, 3.8) is 0 Å². The standard InChI is InChI=1S/C26H30ClNO2/c1-3-9-24(21-10-6-5-7-11-21)28-18-22-12-8-13-25(29-4-2)26(22)30-19-20-14-16-23(27)17-15-20/h5-8,10-17,24,28H,3-4,9,18-19H2,1-2H3. The van der Waals surface area contributed by atoms with Gasteiger partial charge in [0.25, 0.3) is 0 Å².